The number of fused-ring (bicyclic) bond motifs is 2. The van der Waals surface area contributed by atoms with Crippen molar-refractivity contribution in [2.45, 2.75) is 57.4 Å². The molecule has 7 nitrogen and oxygen atoms in total. The Bertz CT molecular complexity index is 1120. The molecule has 2 aliphatic heterocycles. The Kier molecular flexibility index (Phi) is 4.94. The van der Waals surface area contributed by atoms with Crippen LogP contribution < -0.4 is 14.8 Å². The van der Waals surface area contributed by atoms with Crippen LogP contribution in [0.1, 0.15) is 43.7 Å². The molecule has 0 bridgehead atoms. The van der Waals surface area contributed by atoms with Gasteiger partial charge in [-0.05, 0) is 49.4 Å². The number of anilines is 1. The standard InChI is InChI=1S/C23H26N2O5S/c1-2-31(27,28)25-15-17-8-4-3-7-16(17)13-19(25)22(26)24-18-9-10-20-21(14-18)30-23(29-20)11-5-6-12-23/h3-4,7-10,14,19H,2,5-6,11-13,15H2,1H3,(H,24,26). The molecule has 2 aromatic rings. The number of hydrogen-bond donors (Lipinski definition) is 1. The van der Waals surface area contributed by atoms with Gasteiger partial charge < -0.3 is 14.8 Å². The van der Waals surface area contributed by atoms with E-state index in [0.717, 1.165) is 36.8 Å². The Balaban J connectivity index is 1.38. The molecule has 164 valence electrons. The number of sulfonamides is 1. The highest BCUT2D eigenvalue weighted by molar-refractivity contribution is 7.89. The van der Waals surface area contributed by atoms with E-state index in [2.05, 4.69) is 5.32 Å². The van der Waals surface area contributed by atoms with Gasteiger partial charge in [0.15, 0.2) is 11.5 Å². The molecule has 1 aliphatic carbocycles. The van der Waals surface area contributed by atoms with Crippen LogP contribution in [-0.4, -0.2) is 36.2 Å². The Labute approximate surface area is 182 Å². The zero-order chi connectivity index (χ0) is 21.6. The smallest absolute Gasteiger partial charge is 0.251 e. The minimum absolute atomic E-state index is 0.0505. The lowest BCUT2D eigenvalue weighted by Gasteiger charge is -2.34. The number of nitrogens with zero attached hydrogens (tertiary/aromatic N) is 1. The second-order valence-corrected chi connectivity index (χ2v) is 10.6. The number of ether oxygens (including phenoxy) is 2. The van der Waals surface area contributed by atoms with E-state index in [9.17, 15) is 13.2 Å². The lowest BCUT2D eigenvalue weighted by atomic mass is 9.95. The summed E-state index contributed by atoms with van der Waals surface area (Å²) in [4.78, 5) is 13.2. The molecule has 0 saturated heterocycles. The van der Waals surface area contributed by atoms with Crippen molar-refractivity contribution in [2.75, 3.05) is 11.1 Å². The van der Waals surface area contributed by atoms with Crippen molar-refractivity contribution in [2.24, 2.45) is 0 Å². The normalized spacial score (nSPS) is 21.8. The lowest BCUT2D eigenvalue weighted by Crippen LogP contribution is -2.51. The first-order chi connectivity index (χ1) is 14.9. The Morgan fingerprint density at radius 1 is 1.10 bits per heavy atom. The van der Waals surface area contributed by atoms with Crippen molar-refractivity contribution in [1.82, 2.24) is 4.31 Å². The molecular formula is C23H26N2O5S. The SMILES string of the molecule is CCS(=O)(=O)N1Cc2ccccc2CC1C(=O)Nc1ccc2c(c1)OC1(CCCC1)O2. The van der Waals surface area contributed by atoms with E-state index < -0.39 is 21.9 Å². The van der Waals surface area contributed by atoms with Crippen LogP contribution >= 0.6 is 0 Å². The second-order valence-electron chi connectivity index (χ2n) is 8.41. The predicted molar refractivity (Wildman–Crippen MR) is 116 cm³/mol. The van der Waals surface area contributed by atoms with Crippen LogP contribution in [0.15, 0.2) is 42.5 Å². The zero-order valence-corrected chi connectivity index (χ0v) is 18.3. The third-order valence-electron chi connectivity index (χ3n) is 6.40. The summed E-state index contributed by atoms with van der Waals surface area (Å²) in [5, 5.41) is 2.90. The molecule has 0 aromatic heterocycles. The van der Waals surface area contributed by atoms with Crippen LogP contribution in [0.4, 0.5) is 5.69 Å². The van der Waals surface area contributed by atoms with Gasteiger partial charge in [-0.1, -0.05) is 24.3 Å². The van der Waals surface area contributed by atoms with Crippen LogP contribution in [-0.2, 0) is 27.8 Å². The minimum Gasteiger partial charge on any atom is -0.448 e. The fourth-order valence-corrected chi connectivity index (χ4v) is 5.92. The molecule has 8 heteroatoms. The zero-order valence-electron chi connectivity index (χ0n) is 17.5. The second kappa shape index (κ2) is 7.53. The molecule has 2 heterocycles. The van der Waals surface area contributed by atoms with Crippen LogP contribution in [0.5, 0.6) is 11.5 Å². The quantitative estimate of drug-likeness (QED) is 0.784. The molecule has 1 fully saturated rings. The average molecular weight is 443 g/mol. The number of rotatable bonds is 4. The predicted octanol–water partition coefficient (Wildman–Crippen LogP) is 3.44. The topological polar surface area (TPSA) is 84.9 Å². The Morgan fingerprint density at radius 3 is 2.55 bits per heavy atom. The van der Waals surface area contributed by atoms with E-state index in [-0.39, 0.29) is 18.2 Å². The summed E-state index contributed by atoms with van der Waals surface area (Å²) in [6.07, 6.45) is 4.20. The molecular weight excluding hydrogens is 416 g/mol. The van der Waals surface area contributed by atoms with Gasteiger partial charge in [0.25, 0.3) is 5.79 Å². The summed E-state index contributed by atoms with van der Waals surface area (Å²) in [6, 6.07) is 12.2. The molecule has 1 atom stereocenters. The van der Waals surface area contributed by atoms with Gasteiger partial charge in [0.2, 0.25) is 15.9 Å². The molecule has 0 radical (unpaired) electrons. The Morgan fingerprint density at radius 2 is 1.81 bits per heavy atom. The Hall–Kier alpha value is -2.58. The maximum absolute atomic E-state index is 13.2. The largest absolute Gasteiger partial charge is 0.448 e. The molecule has 1 saturated carbocycles. The van der Waals surface area contributed by atoms with Crippen molar-refractivity contribution < 1.29 is 22.7 Å². The third-order valence-corrected chi connectivity index (χ3v) is 8.23. The molecule has 1 spiro atoms. The highest BCUT2D eigenvalue weighted by Gasteiger charge is 2.44. The molecule has 2 aromatic carbocycles. The molecule has 1 unspecified atom stereocenters. The number of carbonyl (C=O) groups is 1. The maximum Gasteiger partial charge on any atom is 0.251 e. The maximum atomic E-state index is 13.2. The van der Waals surface area contributed by atoms with Gasteiger partial charge >= 0.3 is 0 Å². The summed E-state index contributed by atoms with van der Waals surface area (Å²) in [6.45, 7) is 1.80. The first-order valence-electron chi connectivity index (χ1n) is 10.8. The van der Waals surface area contributed by atoms with Crippen LogP contribution in [0, 0.1) is 0 Å². The summed E-state index contributed by atoms with van der Waals surface area (Å²) in [7, 11) is -3.55. The molecule has 3 aliphatic rings. The van der Waals surface area contributed by atoms with Gasteiger partial charge in [0, 0.05) is 31.1 Å². The van der Waals surface area contributed by atoms with E-state index in [1.165, 1.54) is 4.31 Å². The van der Waals surface area contributed by atoms with E-state index >= 15 is 0 Å². The van der Waals surface area contributed by atoms with Gasteiger partial charge in [-0.3, -0.25) is 4.79 Å². The summed E-state index contributed by atoms with van der Waals surface area (Å²) in [5.41, 5.74) is 2.50. The van der Waals surface area contributed by atoms with Crippen molar-refractivity contribution in [1.29, 1.82) is 0 Å². The van der Waals surface area contributed by atoms with E-state index in [4.69, 9.17) is 9.47 Å². The minimum atomic E-state index is -3.55. The molecule has 1 amide bonds. The highest BCUT2D eigenvalue weighted by Crippen LogP contribution is 2.47. The first kappa shape index (κ1) is 20.3. The lowest BCUT2D eigenvalue weighted by molar-refractivity contribution is -0.120. The van der Waals surface area contributed by atoms with Crippen LogP contribution in [0.3, 0.4) is 0 Å². The number of benzene rings is 2. The molecule has 1 N–H and O–H groups in total. The average Bonchev–Trinajstić information content (AvgIpc) is 3.38. The van der Waals surface area contributed by atoms with Crippen molar-refractivity contribution in [3.63, 3.8) is 0 Å². The summed E-state index contributed by atoms with van der Waals surface area (Å²) in [5.74, 6) is 0.337. The van der Waals surface area contributed by atoms with Gasteiger partial charge in [-0.2, -0.15) is 4.31 Å². The van der Waals surface area contributed by atoms with Crippen molar-refractivity contribution >= 4 is 21.6 Å². The van der Waals surface area contributed by atoms with Crippen molar-refractivity contribution in [3.05, 3.63) is 53.6 Å². The van der Waals surface area contributed by atoms with Crippen LogP contribution in [0.25, 0.3) is 0 Å². The van der Waals surface area contributed by atoms with Gasteiger partial charge in [0.05, 0.1) is 5.75 Å². The van der Waals surface area contributed by atoms with Crippen LogP contribution in [0.2, 0.25) is 0 Å². The fraction of sp³-hybridized carbons (Fsp3) is 0.435. The summed E-state index contributed by atoms with van der Waals surface area (Å²) >= 11 is 0. The fourth-order valence-electron chi connectivity index (χ4n) is 4.70. The molecule has 5 rings (SSSR count). The van der Waals surface area contributed by atoms with E-state index in [1.807, 2.05) is 24.3 Å². The monoisotopic (exact) mass is 442 g/mol. The highest BCUT2D eigenvalue weighted by atomic mass is 32.2. The number of hydrogen-bond acceptors (Lipinski definition) is 5. The number of amides is 1. The van der Waals surface area contributed by atoms with Gasteiger partial charge in [-0.25, -0.2) is 8.42 Å². The summed E-state index contributed by atoms with van der Waals surface area (Å²) < 4.78 is 38.9. The first-order valence-corrected chi connectivity index (χ1v) is 12.4. The van der Waals surface area contributed by atoms with E-state index in [1.54, 1.807) is 25.1 Å². The van der Waals surface area contributed by atoms with Gasteiger partial charge in [0.1, 0.15) is 6.04 Å². The molecule has 31 heavy (non-hydrogen) atoms. The van der Waals surface area contributed by atoms with Crippen molar-refractivity contribution in [3.8, 4) is 11.5 Å². The van der Waals surface area contributed by atoms with Gasteiger partial charge in [-0.15, -0.1) is 0 Å². The van der Waals surface area contributed by atoms with E-state index in [0.29, 0.717) is 23.6 Å². The number of nitrogens with one attached hydrogen (secondary N) is 1. The number of carbonyl (C=O) groups excluding carboxylic acids is 1. The third kappa shape index (κ3) is 3.68.